The Kier molecular flexibility index (Phi) is 4.50. The van der Waals surface area contributed by atoms with Crippen molar-refractivity contribution < 1.29 is 19.0 Å². The van der Waals surface area contributed by atoms with E-state index >= 15 is 0 Å². The van der Waals surface area contributed by atoms with E-state index in [0.717, 1.165) is 40.0 Å². The van der Waals surface area contributed by atoms with Gasteiger partial charge in [0.25, 0.3) is 0 Å². The van der Waals surface area contributed by atoms with Crippen molar-refractivity contribution in [2.45, 2.75) is 52.2 Å². The predicted octanol–water partition coefficient (Wildman–Crippen LogP) is 4.83. The van der Waals surface area contributed by atoms with Crippen molar-refractivity contribution in [3.05, 3.63) is 46.8 Å². The molecular weight excluding hydrogens is 319 g/mol. The quantitative estimate of drug-likeness (QED) is 0.863. The van der Waals surface area contributed by atoms with Gasteiger partial charge in [0.15, 0.2) is 11.5 Å². The van der Waals surface area contributed by atoms with Crippen LogP contribution in [0.25, 0.3) is 11.1 Å². The molecule has 0 spiro atoms. The molecule has 2 aromatic carbocycles. The number of benzene rings is 2. The van der Waals surface area contributed by atoms with E-state index in [1.54, 1.807) is 19.2 Å². The van der Waals surface area contributed by atoms with Gasteiger partial charge in [0.2, 0.25) is 0 Å². The van der Waals surface area contributed by atoms with Gasteiger partial charge < -0.3 is 14.6 Å². The van der Waals surface area contributed by atoms with Crippen LogP contribution >= 0.6 is 0 Å². The fourth-order valence-electron chi connectivity index (χ4n) is 3.83. The van der Waals surface area contributed by atoms with Gasteiger partial charge in [0, 0.05) is 17.5 Å². The highest BCUT2D eigenvalue weighted by atomic mass is 19.1. The highest BCUT2D eigenvalue weighted by Gasteiger charge is 2.38. The summed E-state index contributed by atoms with van der Waals surface area (Å²) < 4.78 is 25.3. The van der Waals surface area contributed by atoms with E-state index < -0.39 is 0 Å². The molecule has 1 aliphatic heterocycles. The van der Waals surface area contributed by atoms with E-state index in [2.05, 4.69) is 13.8 Å². The van der Waals surface area contributed by atoms with Crippen LogP contribution in [0.1, 0.15) is 50.3 Å². The van der Waals surface area contributed by atoms with Gasteiger partial charge in [-0.05, 0) is 48.6 Å². The topological polar surface area (TPSA) is 38.7 Å². The first-order chi connectivity index (χ1) is 11.8. The van der Waals surface area contributed by atoms with Gasteiger partial charge >= 0.3 is 0 Å². The second-order valence-corrected chi connectivity index (χ2v) is 7.47. The zero-order valence-electron chi connectivity index (χ0n) is 15.4. The Bertz CT molecular complexity index is 792. The second-order valence-electron chi connectivity index (χ2n) is 7.47. The van der Waals surface area contributed by atoms with Gasteiger partial charge in [0.05, 0.1) is 13.7 Å². The zero-order chi connectivity index (χ0) is 18.4. The molecule has 0 fully saturated rings. The van der Waals surface area contributed by atoms with Crippen molar-refractivity contribution in [3.63, 3.8) is 0 Å². The third-order valence-corrected chi connectivity index (χ3v) is 4.71. The number of rotatable bonds is 4. The van der Waals surface area contributed by atoms with E-state index in [9.17, 15) is 9.50 Å². The summed E-state index contributed by atoms with van der Waals surface area (Å²) >= 11 is 0. The van der Waals surface area contributed by atoms with Crippen molar-refractivity contribution in [2.24, 2.45) is 0 Å². The molecule has 4 heteroatoms. The molecule has 0 aliphatic carbocycles. The second kappa shape index (κ2) is 6.34. The summed E-state index contributed by atoms with van der Waals surface area (Å²) in [4.78, 5) is 0. The van der Waals surface area contributed by atoms with Crippen LogP contribution in [0.3, 0.4) is 0 Å². The van der Waals surface area contributed by atoms with Crippen molar-refractivity contribution in [2.75, 3.05) is 7.11 Å². The molecule has 0 aromatic heterocycles. The number of aliphatic hydroxyl groups excluding tert-OH is 1. The van der Waals surface area contributed by atoms with E-state index in [1.807, 2.05) is 13.8 Å². The summed E-state index contributed by atoms with van der Waals surface area (Å²) in [5.41, 5.74) is 4.30. The number of fused-ring (bicyclic) bond motifs is 1. The maximum atomic E-state index is 13.4. The van der Waals surface area contributed by atoms with Gasteiger partial charge in [-0.3, -0.25) is 0 Å². The molecule has 1 aliphatic rings. The Morgan fingerprint density at radius 2 is 1.88 bits per heavy atom. The Balaban J connectivity index is 2.38. The maximum Gasteiger partial charge on any atom is 0.169 e. The maximum absolute atomic E-state index is 13.4. The largest absolute Gasteiger partial charge is 0.492 e. The number of methoxy groups -OCH3 is 1. The summed E-state index contributed by atoms with van der Waals surface area (Å²) in [6, 6.07) is 6.26. The van der Waals surface area contributed by atoms with Crippen LogP contribution in [0.15, 0.2) is 24.3 Å². The summed E-state index contributed by atoms with van der Waals surface area (Å²) in [5.74, 6) is 1.28. The van der Waals surface area contributed by atoms with Crippen LogP contribution < -0.4 is 9.47 Å². The Morgan fingerprint density at radius 1 is 1.24 bits per heavy atom. The van der Waals surface area contributed by atoms with Gasteiger partial charge in [-0.25, -0.2) is 4.39 Å². The highest BCUT2D eigenvalue weighted by Crippen LogP contribution is 2.52. The molecule has 0 radical (unpaired) electrons. The molecule has 0 unspecified atom stereocenters. The standard InChI is InChI=1S/C21H25FO3/c1-12(2)17-15-10-21(3,4)25-19(15)20(24-5)18(16(17)11-23)13-6-8-14(22)9-7-13/h6-9,12,23H,10-11H2,1-5H3. The summed E-state index contributed by atoms with van der Waals surface area (Å²) in [6.07, 6.45) is 0.767. The van der Waals surface area contributed by atoms with Crippen molar-refractivity contribution >= 4 is 0 Å². The molecular formula is C21H25FO3. The number of hydrogen-bond donors (Lipinski definition) is 1. The zero-order valence-corrected chi connectivity index (χ0v) is 15.4. The van der Waals surface area contributed by atoms with Crippen LogP contribution in [0.5, 0.6) is 11.5 Å². The first kappa shape index (κ1) is 17.7. The van der Waals surface area contributed by atoms with E-state index in [-0.39, 0.29) is 23.9 Å². The lowest BCUT2D eigenvalue weighted by atomic mass is 9.83. The monoisotopic (exact) mass is 344 g/mol. The van der Waals surface area contributed by atoms with Crippen LogP contribution in [0.4, 0.5) is 4.39 Å². The molecule has 134 valence electrons. The van der Waals surface area contributed by atoms with Gasteiger partial charge in [-0.15, -0.1) is 0 Å². The van der Waals surface area contributed by atoms with Crippen LogP contribution in [-0.4, -0.2) is 17.8 Å². The lowest BCUT2D eigenvalue weighted by Gasteiger charge is -2.23. The molecule has 0 amide bonds. The number of ether oxygens (including phenoxy) is 2. The molecule has 0 saturated carbocycles. The van der Waals surface area contributed by atoms with Gasteiger partial charge in [-0.2, -0.15) is 0 Å². The smallest absolute Gasteiger partial charge is 0.169 e. The fraction of sp³-hybridized carbons (Fsp3) is 0.429. The number of aliphatic hydroxyl groups is 1. The molecule has 0 saturated heterocycles. The number of hydrogen-bond acceptors (Lipinski definition) is 3. The summed E-state index contributed by atoms with van der Waals surface area (Å²) in [6.45, 7) is 8.21. The lowest BCUT2D eigenvalue weighted by Crippen LogP contribution is -2.25. The van der Waals surface area contributed by atoms with Crippen molar-refractivity contribution in [1.82, 2.24) is 0 Å². The minimum Gasteiger partial charge on any atom is -0.492 e. The van der Waals surface area contributed by atoms with Gasteiger partial charge in [0.1, 0.15) is 11.4 Å². The van der Waals surface area contributed by atoms with Crippen LogP contribution in [-0.2, 0) is 13.0 Å². The third kappa shape index (κ3) is 2.99. The third-order valence-electron chi connectivity index (χ3n) is 4.71. The SMILES string of the molecule is COc1c2c(c(C(C)C)c(CO)c1-c1ccc(F)cc1)CC(C)(C)O2. The van der Waals surface area contributed by atoms with Crippen LogP contribution in [0.2, 0.25) is 0 Å². The van der Waals surface area contributed by atoms with E-state index in [1.165, 1.54) is 12.1 Å². The first-order valence-electron chi connectivity index (χ1n) is 8.60. The van der Waals surface area contributed by atoms with E-state index in [4.69, 9.17) is 9.47 Å². The molecule has 1 N–H and O–H groups in total. The number of halogens is 1. The summed E-state index contributed by atoms with van der Waals surface area (Å²) in [5, 5.41) is 10.2. The molecule has 0 atom stereocenters. The Hall–Kier alpha value is -2.07. The highest BCUT2D eigenvalue weighted by molar-refractivity contribution is 5.81. The minimum atomic E-state index is -0.326. The Labute approximate surface area is 148 Å². The van der Waals surface area contributed by atoms with Crippen molar-refractivity contribution in [1.29, 1.82) is 0 Å². The molecule has 3 rings (SSSR count). The first-order valence-corrected chi connectivity index (χ1v) is 8.60. The normalized spacial score (nSPS) is 15.2. The molecule has 25 heavy (non-hydrogen) atoms. The average Bonchev–Trinajstić information content (AvgIpc) is 2.87. The molecule has 3 nitrogen and oxygen atoms in total. The summed E-state index contributed by atoms with van der Waals surface area (Å²) in [7, 11) is 1.60. The molecule has 0 bridgehead atoms. The van der Waals surface area contributed by atoms with E-state index in [0.29, 0.717) is 5.75 Å². The molecule has 2 aromatic rings. The van der Waals surface area contributed by atoms with Gasteiger partial charge in [-0.1, -0.05) is 26.0 Å². The van der Waals surface area contributed by atoms with Crippen LogP contribution in [0, 0.1) is 5.82 Å². The molecule has 1 heterocycles. The Morgan fingerprint density at radius 3 is 2.40 bits per heavy atom. The van der Waals surface area contributed by atoms with Crippen molar-refractivity contribution in [3.8, 4) is 22.6 Å². The lowest BCUT2D eigenvalue weighted by molar-refractivity contribution is 0.134. The predicted molar refractivity (Wildman–Crippen MR) is 96.8 cm³/mol. The minimum absolute atomic E-state index is 0.107. The average molecular weight is 344 g/mol. The fourth-order valence-corrected chi connectivity index (χ4v) is 3.83.